The van der Waals surface area contributed by atoms with Gasteiger partial charge in [0.1, 0.15) is 0 Å². The molecular formula is C20H26N2O2. The van der Waals surface area contributed by atoms with Crippen molar-refractivity contribution in [2.45, 2.75) is 38.5 Å². The molecule has 1 aromatic carbocycles. The van der Waals surface area contributed by atoms with Crippen molar-refractivity contribution in [2.75, 3.05) is 19.6 Å². The van der Waals surface area contributed by atoms with Gasteiger partial charge in [0.25, 0.3) is 0 Å². The molecule has 1 saturated heterocycles. The fraction of sp³-hybridized carbons (Fsp3) is 0.500. The van der Waals surface area contributed by atoms with Crippen LogP contribution in [0.25, 0.3) is 6.08 Å². The summed E-state index contributed by atoms with van der Waals surface area (Å²) in [6.45, 7) is 2.24. The topological polar surface area (TPSA) is 49.4 Å². The summed E-state index contributed by atoms with van der Waals surface area (Å²) in [6, 6.07) is 10.3. The van der Waals surface area contributed by atoms with Gasteiger partial charge in [-0.05, 0) is 37.7 Å². The third-order valence-electron chi connectivity index (χ3n) is 4.74. The maximum absolute atomic E-state index is 12.2. The van der Waals surface area contributed by atoms with Crippen LogP contribution in [-0.2, 0) is 9.59 Å². The highest BCUT2D eigenvalue weighted by molar-refractivity contribution is 5.81. The van der Waals surface area contributed by atoms with E-state index in [1.165, 1.54) is 11.1 Å². The third kappa shape index (κ3) is 4.95. The first-order valence-corrected chi connectivity index (χ1v) is 9.02. The highest BCUT2D eigenvalue weighted by atomic mass is 16.2. The molecule has 0 unspecified atom stereocenters. The van der Waals surface area contributed by atoms with E-state index < -0.39 is 0 Å². The number of hydrogen-bond acceptors (Lipinski definition) is 2. The second kappa shape index (κ2) is 8.13. The number of amides is 2. The third-order valence-corrected chi connectivity index (χ3v) is 4.74. The zero-order valence-electron chi connectivity index (χ0n) is 14.2. The lowest BCUT2D eigenvalue weighted by Gasteiger charge is -2.28. The van der Waals surface area contributed by atoms with E-state index >= 15 is 0 Å². The molecule has 0 bridgehead atoms. The smallest absolute Gasteiger partial charge is 0.223 e. The van der Waals surface area contributed by atoms with Crippen molar-refractivity contribution in [2.24, 2.45) is 5.92 Å². The number of likely N-dealkylation sites (tertiary alicyclic amines) is 1. The maximum Gasteiger partial charge on any atom is 0.223 e. The first kappa shape index (κ1) is 16.7. The van der Waals surface area contributed by atoms with Crippen LogP contribution in [0.3, 0.4) is 0 Å². The fourth-order valence-corrected chi connectivity index (χ4v) is 3.07. The van der Waals surface area contributed by atoms with Crippen molar-refractivity contribution in [1.29, 1.82) is 0 Å². The molecule has 1 N–H and O–H groups in total. The van der Waals surface area contributed by atoms with Crippen LogP contribution >= 0.6 is 0 Å². The van der Waals surface area contributed by atoms with E-state index in [-0.39, 0.29) is 17.7 Å². The quantitative estimate of drug-likeness (QED) is 0.817. The summed E-state index contributed by atoms with van der Waals surface area (Å²) in [7, 11) is 0. The molecule has 2 aliphatic rings. The molecule has 2 fully saturated rings. The Labute approximate surface area is 143 Å². The van der Waals surface area contributed by atoms with Crippen LogP contribution < -0.4 is 5.32 Å². The molecule has 1 aromatic rings. The number of benzene rings is 1. The van der Waals surface area contributed by atoms with Crippen LogP contribution in [0.15, 0.2) is 35.9 Å². The Bertz CT molecular complexity index is 595. The summed E-state index contributed by atoms with van der Waals surface area (Å²) in [5.74, 6) is 0.628. The standard InChI is InChI=1S/C20H26N2O2/c23-19(7-4-12-21-20(24)18-8-9-18)22-13-10-17(11-14-22)15-16-5-2-1-3-6-16/h1-3,5-6,15,18H,4,7-14H2,(H,21,24). The van der Waals surface area contributed by atoms with E-state index in [4.69, 9.17) is 0 Å². The number of piperidine rings is 1. The molecule has 0 radical (unpaired) electrons. The van der Waals surface area contributed by atoms with Gasteiger partial charge in [0.05, 0.1) is 0 Å². The van der Waals surface area contributed by atoms with Crippen LogP contribution in [0.1, 0.15) is 44.1 Å². The molecule has 1 aliphatic carbocycles. The van der Waals surface area contributed by atoms with Gasteiger partial charge in [0.15, 0.2) is 0 Å². The molecule has 24 heavy (non-hydrogen) atoms. The Kier molecular flexibility index (Phi) is 5.68. The van der Waals surface area contributed by atoms with Crippen LogP contribution in [-0.4, -0.2) is 36.3 Å². The zero-order chi connectivity index (χ0) is 16.8. The molecule has 0 atom stereocenters. The molecule has 4 nitrogen and oxygen atoms in total. The molecule has 2 amide bonds. The second-order valence-corrected chi connectivity index (χ2v) is 6.76. The zero-order valence-corrected chi connectivity index (χ0v) is 14.2. The number of carbonyl (C=O) groups excluding carboxylic acids is 2. The van der Waals surface area contributed by atoms with E-state index in [9.17, 15) is 9.59 Å². The SMILES string of the molecule is O=C(NCCCC(=O)N1CCC(=Cc2ccccc2)CC1)C1CC1. The number of nitrogens with zero attached hydrogens (tertiary/aromatic N) is 1. The normalized spacial score (nSPS) is 17.5. The van der Waals surface area contributed by atoms with Crippen molar-refractivity contribution in [3.05, 3.63) is 41.5 Å². The molecule has 3 rings (SSSR count). The minimum absolute atomic E-state index is 0.163. The van der Waals surface area contributed by atoms with Crippen LogP contribution in [0, 0.1) is 5.92 Å². The molecule has 128 valence electrons. The minimum Gasteiger partial charge on any atom is -0.356 e. The predicted molar refractivity (Wildman–Crippen MR) is 95.2 cm³/mol. The first-order chi connectivity index (χ1) is 11.7. The summed E-state index contributed by atoms with van der Waals surface area (Å²) < 4.78 is 0. The van der Waals surface area contributed by atoms with E-state index in [1.807, 2.05) is 23.1 Å². The van der Waals surface area contributed by atoms with Crippen molar-refractivity contribution >= 4 is 17.9 Å². The van der Waals surface area contributed by atoms with Gasteiger partial charge >= 0.3 is 0 Å². The Hall–Kier alpha value is -2.10. The Morgan fingerprint density at radius 2 is 1.83 bits per heavy atom. The summed E-state index contributed by atoms with van der Waals surface area (Å²) in [5.41, 5.74) is 2.65. The van der Waals surface area contributed by atoms with Crippen molar-refractivity contribution in [1.82, 2.24) is 10.2 Å². The second-order valence-electron chi connectivity index (χ2n) is 6.76. The van der Waals surface area contributed by atoms with Crippen molar-refractivity contribution in [3.8, 4) is 0 Å². The summed E-state index contributed by atoms with van der Waals surface area (Å²) in [6.07, 6.45) is 7.48. The van der Waals surface area contributed by atoms with Gasteiger partial charge in [-0.2, -0.15) is 0 Å². The lowest BCUT2D eigenvalue weighted by Crippen LogP contribution is -2.36. The predicted octanol–water partition coefficient (Wildman–Crippen LogP) is 3.00. The van der Waals surface area contributed by atoms with Crippen molar-refractivity contribution < 1.29 is 9.59 Å². The van der Waals surface area contributed by atoms with Gasteiger partial charge in [0.2, 0.25) is 11.8 Å². The van der Waals surface area contributed by atoms with Gasteiger partial charge in [-0.15, -0.1) is 0 Å². The maximum atomic E-state index is 12.2. The Morgan fingerprint density at radius 3 is 2.50 bits per heavy atom. The van der Waals surface area contributed by atoms with Crippen LogP contribution in [0.2, 0.25) is 0 Å². The van der Waals surface area contributed by atoms with Crippen LogP contribution in [0.5, 0.6) is 0 Å². The molecule has 4 heteroatoms. The van der Waals surface area contributed by atoms with Gasteiger partial charge in [-0.1, -0.05) is 42.0 Å². The summed E-state index contributed by atoms with van der Waals surface area (Å²) in [4.78, 5) is 25.7. The number of carbonyl (C=O) groups is 2. The van der Waals surface area contributed by atoms with Gasteiger partial charge in [-0.25, -0.2) is 0 Å². The van der Waals surface area contributed by atoms with E-state index in [1.54, 1.807) is 0 Å². The number of rotatable bonds is 6. The van der Waals surface area contributed by atoms with Gasteiger partial charge < -0.3 is 10.2 Å². The molecule has 1 heterocycles. The highest BCUT2D eigenvalue weighted by Gasteiger charge is 2.29. The summed E-state index contributed by atoms with van der Waals surface area (Å²) in [5, 5.41) is 2.92. The lowest BCUT2D eigenvalue weighted by molar-refractivity contribution is -0.132. The van der Waals surface area contributed by atoms with E-state index in [2.05, 4.69) is 23.5 Å². The fourth-order valence-electron chi connectivity index (χ4n) is 3.07. The molecular weight excluding hydrogens is 300 g/mol. The number of nitrogens with one attached hydrogen (secondary N) is 1. The highest BCUT2D eigenvalue weighted by Crippen LogP contribution is 2.28. The summed E-state index contributed by atoms with van der Waals surface area (Å²) >= 11 is 0. The largest absolute Gasteiger partial charge is 0.356 e. The first-order valence-electron chi connectivity index (χ1n) is 9.02. The average molecular weight is 326 g/mol. The molecule has 0 spiro atoms. The van der Waals surface area contributed by atoms with Crippen molar-refractivity contribution in [3.63, 3.8) is 0 Å². The molecule has 1 aliphatic heterocycles. The number of hydrogen-bond donors (Lipinski definition) is 1. The minimum atomic E-state index is 0.163. The lowest BCUT2D eigenvalue weighted by atomic mass is 10.0. The van der Waals surface area contributed by atoms with Crippen LogP contribution in [0.4, 0.5) is 0 Å². The van der Waals surface area contributed by atoms with Gasteiger partial charge in [-0.3, -0.25) is 9.59 Å². The van der Waals surface area contributed by atoms with Gasteiger partial charge in [0, 0.05) is 32.0 Å². The molecule has 0 aromatic heterocycles. The molecule has 1 saturated carbocycles. The van der Waals surface area contributed by atoms with E-state index in [0.717, 1.165) is 45.2 Å². The van der Waals surface area contributed by atoms with E-state index in [0.29, 0.717) is 13.0 Å². The monoisotopic (exact) mass is 326 g/mol. The Morgan fingerprint density at radius 1 is 1.12 bits per heavy atom. The average Bonchev–Trinajstić information content (AvgIpc) is 3.45. The Balaban J connectivity index is 1.35.